The standard InChI is InChI=1S/C24H16F6N4O/c25-23(26,27)15-10-8-14(9-11-15)20(21-17(24(28,29)30)5-3-13-32-21)34-22(35)33-19-7-1-6-18-16(19)4-2-12-31-18/h1-13,20H,(H2,33,34,35)/t20-/m0/s1. The third kappa shape index (κ3) is 5.34. The van der Waals surface area contributed by atoms with Crippen molar-refractivity contribution < 1.29 is 31.1 Å². The molecule has 0 aliphatic carbocycles. The van der Waals surface area contributed by atoms with Crippen molar-refractivity contribution in [2.45, 2.75) is 18.4 Å². The van der Waals surface area contributed by atoms with Crippen LogP contribution in [-0.4, -0.2) is 16.0 Å². The van der Waals surface area contributed by atoms with Gasteiger partial charge < -0.3 is 10.6 Å². The minimum Gasteiger partial charge on any atom is -0.325 e. The normalized spacial score (nSPS) is 12.9. The van der Waals surface area contributed by atoms with Gasteiger partial charge in [-0.25, -0.2) is 4.79 Å². The van der Waals surface area contributed by atoms with E-state index in [1.54, 1.807) is 36.5 Å². The molecule has 0 radical (unpaired) electrons. The molecule has 2 heterocycles. The summed E-state index contributed by atoms with van der Waals surface area (Å²) >= 11 is 0. The highest BCUT2D eigenvalue weighted by Gasteiger charge is 2.37. The van der Waals surface area contributed by atoms with E-state index in [2.05, 4.69) is 20.6 Å². The van der Waals surface area contributed by atoms with E-state index < -0.39 is 41.2 Å². The Morgan fingerprint density at radius 3 is 2.14 bits per heavy atom. The summed E-state index contributed by atoms with van der Waals surface area (Å²) < 4.78 is 80.0. The van der Waals surface area contributed by atoms with Crippen molar-refractivity contribution in [3.63, 3.8) is 0 Å². The number of carbonyl (C=O) groups excluding carboxylic acids is 1. The molecule has 2 N–H and O–H groups in total. The largest absolute Gasteiger partial charge is 0.418 e. The summed E-state index contributed by atoms with van der Waals surface area (Å²) in [7, 11) is 0. The summed E-state index contributed by atoms with van der Waals surface area (Å²) in [6.45, 7) is 0. The summed E-state index contributed by atoms with van der Waals surface area (Å²) in [5.74, 6) is 0. The maximum Gasteiger partial charge on any atom is 0.418 e. The van der Waals surface area contributed by atoms with Crippen LogP contribution in [0.1, 0.15) is 28.4 Å². The van der Waals surface area contributed by atoms with Crippen molar-refractivity contribution in [3.05, 3.63) is 102 Å². The van der Waals surface area contributed by atoms with Crippen LogP contribution in [0.2, 0.25) is 0 Å². The summed E-state index contributed by atoms with van der Waals surface area (Å²) in [5, 5.41) is 5.58. The minimum atomic E-state index is -4.81. The Kier molecular flexibility index (Phi) is 6.33. The number of urea groups is 1. The van der Waals surface area contributed by atoms with Gasteiger partial charge in [-0.2, -0.15) is 26.3 Å². The molecule has 5 nitrogen and oxygen atoms in total. The highest BCUT2D eigenvalue weighted by atomic mass is 19.4. The second-order valence-electron chi connectivity index (χ2n) is 7.46. The molecule has 180 valence electrons. The molecule has 0 bridgehead atoms. The van der Waals surface area contributed by atoms with Gasteiger partial charge in [0.05, 0.1) is 34.1 Å². The van der Waals surface area contributed by atoms with Crippen molar-refractivity contribution in [1.82, 2.24) is 15.3 Å². The fraction of sp³-hybridized carbons (Fsp3) is 0.125. The van der Waals surface area contributed by atoms with Crippen molar-refractivity contribution in [2.24, 2.45) is 0 Å². The van der Waals surface area contributed by atoms with Crippen LogP contribution < -0.4 is 10.6 Å². The topological polar surface area (TPSA) is 66.9 Å². The predicted octanol–water partition coefficient (Wildman–Crippen LogP) is 6.58. The number of carbonyl (C=O) groups is 1. The number of halogens is 6. The molecule has 1 atom stereocenters. The number of hydrogen-bond donors (Lipinski definition) is 2. The Morgan fingerprint density at radius 1 is 0.771 bits per heavy atom. The first-order chi connectivity index (χ1) is 16.5. The van der Waals surface area contributed by atoms with Crippen LogP contribution in [-0.2, 0) is 12.4 Å². The van der Waals surface area contributed by atoms with Gasteiger partial charge >= 0.3 is 18.4 Å². The lowest BCUT2D eigenvalue weighted by molar-refractivity contribution is -0.139. The second kappa shape index (κ2) is 9.24. The van der Waals surface area contributed by atoms with Gasteiger partial charge in [0.2, 0.25) is 0 Å². The number of aromatic nitrogens is 2. The summed E-state index contributed by atoms with van der Waals surface area (Å²) in [5.41, 5.74) is -1.76. The Morgan fingerprint density at radius 2 is 1.46 bits per heavy atom. The van der Waals surface area contributed by atoms with Crippen molar-refractivity contribution >= 4 is 22.6 Å². The fourth-order valence-corrected chi connectivity index (χ4v) is 3.56. The van der Waals surface area contributed by atoms with Crippen LogP contribution in [0.3, 0.4) is 0 Å². The van der Waals surface area contributed by atoms with Gasteiger partial charge in [0, 0.05) is 17.8 Å². The van der Waals surface area contributed by atoms with Gasteiger partial charge in [-0.1, -0.05) is 18.2 Å². The number of alkyl halides is 6. The highest BCUT2D eigenvalue weighted by molar-refractivity contribution is 6.00. The van der Waals surface area contributed by atoms with E-state index in [0.717, 1.165) is 42.6 Å². The quantitative estimate of drug-likeness (QED) is 0.318. The van der Waals surface area contributed by atoms with Crippen molar-refractivity contribution in [2.75, 3.05) is 5.32 Å². The molecule has 0 aliphatic rings. The van der Waals surface area contributed by atoms with E-state index in [4.69, 9.17) is 0 Å². The van der Waals surface area contributed by atoms with E-state index >= 15 is 0 Å². The first-order valence-corrected chi connectivity index (χ1v) is 10.1. The lowest BCUT2D eigenvalue weighted by Gasteiger charge is -2.23. The van der Waals surface area contributed by atoms with E-state index in [9.17, 15) is 31.1 Å². The van der Waals surface area contributed by atoms with Gasteiger partial charge in [0.1, 0.15) is 0 Å². The molecule has 4 rings (SSSR count). The zero-order valence-corrected chi connectivity index (χ0v) is 17.7. The van der Waals surface area contributed by atoms with E-state index in [1.165, 1.54) is 0 Å². The smallest absolute Gasteiger partial charge is 0.325 e. The zero-order valence-electron chi connectivity index (χ0n) is 17.7. The molecule has 0 saturated carbocycles. The molecule has 2 amide bonds. The number of anilines is 1. The molecular weight excluding hydrogens is 474 g/mol. The van der Waals surface area contributed by atoms with Gasteiger partial charge in [0.15, 0.2) is 0 Å². The lowest BCUT2D eigenvalue weighted by atomic mass is 9.98. The number of rotatable bonds is 4. The van der Waals surface area contributed by atoms with Gasteiger partial charge in [-0.05, 0) is 54.1 Å². The molecule has 0 fully saturated rings. The first-order valence-electron chi connectivity index (χ1n) is 10.1. The Bertz CT molecular complexity index is 1350. The Labute approximate surface area is 194 Å². The maximum absolute atomic E-state index is 13.7. The number of benzene rings is 2. The summed E-state index contributed by atoms with van der Waals surface area (Å²) in [6.07, 6.45) is -6.78. The van der Waals surface area contributed by atoms with E-state index in [0.29, 0.717) is 16.6 Å². The Balaban J connectivity index is 1.72. The fourth-order valence-electron chi connectivity index (χ4n) is 3.56. The number of nitrogens with zero attached hydrogens (tertiary/aromatic N) is 2. The molecule has 2 aromatic heterocycles. The average Bonchev–Trinajstić information content (AvgIpc) is 2.82. The summed E-state index contributed by atoms with van der Waals surface area (Å²) in [6, 6.07) is 11.2. The van der Waals surface area contributed by atoms with Crippen LogP contribution in [0, 0.1) is 0 Å². The number of nitrogens with one attached hydrogen (secondary N) is 2. The number of fused-ring (bicyclic) bond motifs is 1. The molecular formula is C24H16F6N4O. The molecule has 0 unspecified atom stereocenters. The maximum atomic E-state index is 13.7. The van der Waals surface area contributed by atoms with Crippen LogP contribution in [0.4, 0.5) is 36.8 Å². The SMILES string of the molecule is O=C(Nc1cccc2ncccc12)N[C@@H](c1ccc(C(F)(F)F)cc1)c1ncccc1C(F)(F)F. The third-order valence-electron chi connectivity index (χ3n) is 5.16. The van der Waals surface area contributed by atoms with Crippen LogP contribution >= 0.6 is 0 Å². The number of amides is 2. The molecule has 2 aromatic carbocycles. The third-order valence-corrected chi connectivity index (χ3v) is 5.16. The lowest BCUT2D eigenvalue weighted by Crippen LogP contribution is -2.35. The number of pyridine rings is 2. The van der Waals surface area contributed by atoms with Crippen LogP contribution in [0.5, 0.6) is 0 Å². The first kappa shape index (κ1) is 24.0. The molecule has 0 saturated heterocycles. The monoisotopic (exact) mass is 490 g/mol. The van der Waals surface area contributed by atoms with Crippen LogP contribution in [0.25, 0.3) is 10.9 Å². The van der Waals surface area contributed by atoms with E-state index in [1.807, 2.05) is 0 Å². The molecule has 11 heteroatoms. The predicted molar refractivity (Wildman–Crippen MR) is 116 cm³/mol. The minimum absolute atomic E-state index is 0.0167. The van der Waals surface area contributed by atoms with Gasteiger partial charge in [-0.3, -0.25) is 9.97 Å². The molecule has 0 spiro atoms. The average molecular weight is 490 g/mol. The van der Waals surface area contributed by atoms with Crippen molar-refractivity contribution in [1.29, 1.82) is 0 Å². The van der Waals surface area contributed by atoms with Gasteiger partial charge in [0.25, 0.3) is 0 Å². The van der Waals surface area contributed by atoms with Crippen LogP contribution in [0.15, 0.2) is 79.1 Å². The number of hydrogen-bond acceptors (Lipinski definition) is 3. The molecule has 0 aliphatic heterocycles. The second-order valence-corrected chi connectivity index (χ2v) is 7.46. The summed E-state index contributed by atoms with van der Waals surface area (Å²) in [4.78, 5) is 20.9. The highest BCUT2D eigenvalue weighted by Crippen LogP contribution is 2.36. The zero-order chi connectivity index (χ0) is 25.2. The molecule has 35 heavy (non-hydrogen) atoms. The Hall–Kier alpha value is -4.15. The van der Waals surface area contributed by atoms with E-state index in [-0.39, 0.29) is 5.56 Å². The molecule has 4 aromatic rings. The van der Waals surface area contributed by atoms with Crippen molar-refractivity contribution in [3.8, 4) is 0 Å². The van der Waals surface area contributed by atoms with Gasteiger partial charge in [-0.15, -0.1) is 0 Å².